The molecule has 0 saturated carbocycles. The zero-order chi connectivity index (χ0) is 33.9. The van der Waals surface area contributed by atoms with Gasteiger partial charge in [0.1, 0.15) is 0 Å². The summed E-state index contributed by atoms with van der Waals surface area (Å²) in [5.41, 5.74) is 0. The zero-order valence-electron chi connectivity index (χ0n) is 29.8. The summed E-state index contributed by atoms with van der Waals surface area (Å²) in [5, 5.41) is 0. The van der Waals surface area contributed by atoms with Crippen molar-refractivity contribution in [2.75, 3.05) is 39.6 Å². The Morgan fingerprint density at radius 2 is 0.826 bits per heavy atom. The maximum Gasteiger partial charge on any atom is 0.272 e. The smallest absolute Gasteiger partial charge is 0.272 e. The van der Waals surface area contributed by atoms with Gasteiger partial charge in [-0.1, -0.05) is 132 Å². The van der Waals surface area contributed by atoms with E-state index in [2.05, 4.69) is 41.5 Å². The van der Waals surface area contributed by atoms with E-state index in [0.717, 1.165) is 116 Å². The fourth-order valence-electron chi connectivity index (χ4n) is 4.09. The Morgan fingerprint density at radius 3 is 1.28 bits per heavy atom. The molecule has 46 heavy (non-hydrogen) atoms. The van der Waals surface area contributed by atoms with E-state index in [1.165, 1.54) is 0 Å². The molecule has 1 aliphatic rings. The number of hydrogen-bond donors (Lipinski definition) is 0. The third kappa shape index (κ3) is 19.4. The zero-order valence-corrected chi connectivity index (χ0v) is 34.8. The van der Waals surface area contributed by atoms with Gasteiger partial charge >= 0.3 is 0 Å². The Kier molecular flexibility index (Phi) is 30.2. The molecule has 10 nitrogen and oxygen atoms in total. The van der Waals surface area contributed by atoms with Gasteiger partial charge in [-0.25, -0.2) is 0 Å². The number of hydrogen-bond acceptors (Lipinski definition) is 10. The topological polar surface area (TPSA) is 77.5 Å². The maximum absolute atomic E-state index is 7.27. The minimum Gasteiger partial charge on any atom is -0.328 e. The second kappa shape index (κ2) is 30.4. The van der Waals surface area contributed by atoms with E-state index in [-0.39, 0.29) is 0 Å². The van der Waals surface area contributed by atoms with Crippen LogP contribution < -0.4 is 0 Å². The molecular formula is C30H66Cl2N4O6P4. The second-order valence-corrected chi connectivity index (χ2v) is 21.7. The van der Waals surface area contributed by atoms with Crippen LogP contribution >= 0.6 is 53.7 Å². The van der Waals surface area contributed by atoms with Crippen molar-refractivity contribution < 1.29 is 28.1 Å². The first-order valence-electron chi connectivity index (χ1n) is 18.0. The van der Waals surface area contributed by atoms with E-state index in [4.69, 9.17) is 55.1 Å². The summed E-state index contributed by atoms with van der Waals surface area (Å²) in [6, 6.07) is 0. The van der Waals surface area contributed by atoms with Crippen molar-refractivity contribution >= 4 is 53.7 Å². The Labute approximate surface area is 295 Å². The normalized spacial score (nSPS) is 21.3. The maximum atomic E-state index is 7.27. The van der Waals surface area contributed by atoms with E-state index in [1.54, 1.807) is 9.21 Å². The van der Waals surface area contributed by atoms with Crippen LogP contribution in [0.15, 0.2) is 4.52 Å². The number of rotatable bonds is 30. The monoisotopic (exact) mass is 772 g/mol. The lowest BCUT2D eigenvalue weighted by molar-refractivity contribution is -0.0897. The van der Waals surface area contributed by atoms with Crippen molar-refractivity contribution in [1.29, 1.82) is 0 Å². The largest absolute Gasteiger partial charge is 0.328 e. The van der Waals surface area contributed by atoms with Crippen LogP contribution in [0.4, 0.5) is 0 Å². The number of halogens is 2. The van der Waals surface area contributed by atoms with Gasteiger partial charge in [0.25, 0.3) is 25.3 Å². The predicted molar refractivity (Wildman–Crippen MR) is 200 cm³/mol. The molecule has 16 heteroatoms. The molecule has 0 aromatic heterocycles. The van der Waals surface area contributed by atoms with E-state index in [9.17, 15) is 0 Å². The fraction of sp³-hybridized carbons (Fsp3) is 1.00. The Morgan fingerprint density at radius 1 is 0.457 bits per heavy atom. The quantitative estimate of drug-likeness (QED) is 0.0524. The summed E-state index contributed by atoms with van der Waals surface area (Å²) in [4.78, 5) is 19.7. The van der Waals surface area contributed by atoms with Crippen molar-refractivity contribution in [3.05, 3.63) is 0 Å². The van der Waals surface area contributed by atoms with Gasteiger partial charge in [0.2, 0.25) is 5.91 Å². The summed E-state index contributed by atoms with van der Waals surface area (Å²) >= 11 is 14.5. The SMILES string of the molecule is CCCCCON1P(OCCCCC)N=P(Cl)(Cl)N(OCCCCC)P(OCCCCC)N(OCCCCC)P1OCCCCC. The van der Waals surface area contributed by atoms with Crippen LogP contribution in [0.5, 0.6) is 0 Å². The Bertz CT molecular complexity index is 768. The molecular weight excluding hydrogens is 707 g/mol. The van der Waals surface area contributed by atoms with E-state index >= 15 is 0 Å². The van der Waals surface area contributed by atoms with Crippen molar-refractivity contribution in [1.82, 2.24) is 13.8 Å². The summed E-state index contributed by atoms with van der Waals surface area (Å²) in [6.45, 7) is 16.1. The van der Waals surface area contributed by atoms with Gasteiger partial charge in [-0.05, 0) is 61.0 Å². The average Bonchev–Trinajstić information content (AvgIpc) is 3.04. The summed E-state index contributed by atoms with van der Waals surface area (Å²) in [7, 11) is -5.26. The number of unbranched alkanes of at least 4 members (excludes halogenated alkanes) is 12. The minimum atomic E-state index is -3.32. The van der Waals surface area contributed by atoms with Crippen LogP contribution in [-0.2, 0) is 28.1 Å². The van der Waals surface area contributed by atoms with Crippen LogP contribution in [0.2, 0.25) is 0 Å². The van der Waals surface area contributed by atoms with Gasteiger partial charge in [-0.15, -0.1) is 0 Å². The third-order valence-electron chi connectivity index (χ3n) is 6.85. The Hall–Kier alpha value is 1.74. The second-order valence-electron chi connectivity index (χ2n) is 11.3. The molecule has 0 spiro atoms. The molecule has 0 N–H and O–H groups in total. The first kappa shape index (κ1) is 45.8. The average molecular weight is 774 g/mol. The molecule has 3 atom stereocenters. The molecule has 0 aromatic carbocycles. The molecule has 0 aromatic rings. The van der Waals surface area contributed by atoms with Crippen LogP contribution in [0, 0.1) is 0 Å². The van der Waals surface area contributed by atoms with E-state index in [1.807, 2.05) is 4.60 Å². The van der Waals surface area contributed by atoms with E-state index < -0.39 is 31.3 Å². The van der Waals surface area contributed by atoms with Crippen molar-refractivity contribution in [3.8, 4) is 0 Å². The summed E-state index contributed by atoms with van der Waals surface area (Å²) in [6.07, 6.45) is 18.2. The molecule has 0 fully saturated rings. The lowest BCUT2D eigenvalue weighted by atomic mass is 10.3. The van der Waals surface area contributed by atoms with Gasteiger partial charge in [0.05, 0.1) is 39.6 Å². The predicted octanol–water partition coefficient (Wildman–Crippen LogP) is 14.0. The first-order valence-corrected chi connectivity index (χ1v) is 25.0. The minimum absolute atomic E-state index is 0.452. The van der Waals surface area contributed by atoms with Gasteiger partial charge in [-0.3, -0.25) is 14.5 Å². The molecule has 1 rings (SSSR count). The molecule has 0 radical (unpaired) electrons. The highest BCUT2D eigenvalue weighted by Gasteiger charge is 2.51. The molecule has 1 aliphatic heterocycles. The van der Waals surface area contributed by atoms with Gasteiger partial charge < -0.3 is 13.6 Å². The van der Waals surface area contributed by atoms with Crippen LogP contribution in [0.25, 0.3) is 0 Å². The molecule has 276 valence electrons. The van der Waals surface area contributed by atoms with Crippen LogP contribution in [0.3, 0.4) is 0 Å². The number of nitrogens with zero attached hydrogens (tertiary/aromatic N) is 4. The van der Waals surface area contributed by atoms with Gasteiger partial charge in [-0.2, -0.15) is 4.52 Å². The highest BCUT2D eigenvalue weighted by molar-refractivity contribution is 8.12. The fourth-order valence-corrected chi connectivity index (χ4v) is 15.1. The summed E-state index contributed by atoms with van der Waals surface area (Å²) in [5.74, 6) is -3.32. The Balaban J connectivity index is 3.75. The molecule has 0 saturated heterocycles. The van der Waals surface area contributed by atoms with Crippen molar-refractivity contribution in [3.63, 3.8) is 0 Å². The molecule has 0 bridgehead atoms. The van der Waals surface area contributed by atoms with Crippen LogP contribution in [-0.4, -0.2) is 53.5 Å². The first-order chi connectivity index (χ1) is 22.4. The third-order valence-corrected chi connectivity index (χ3v) is 17.9. The van der Waals surface area contributed by atoms with Gasteiger partial charge in [0.15, 0.2) is 0 Å². The summed E-state index contributed by atoms with van der Waals surface area (Å²) < 4.78 is 30.3. The van der Waals surface area contributed by atoms with E-state index in [0.29, 0.717) is 39.6 Å². The lowest BCUT2D eigenvalue weighted by Crippen LogP contribution is -2.32. The van der Waals surface area contributed by atoms with Gasteiger partial charge in [0, 0.05) is 0 Å². The van der Waals surface area contributed by atoms with Crippen molar-refractivity contribution in [2.24, 2.45) is 4.52 Å². The molecule has 0 aliphatic carbocycles. The molecule has 3 unspecified atom stereocenters. The van der Waals surface area contributed by atoms with Crippen molar-refractivity contribution in [2.45, 2.75) is 157 Å². The molecule has 0 amide bonds. The molecule has 1 heterocycles. The van der Waals surface area contributed by atoms with Crippen LogP contribution in [0.1, 0.15) is 157 Å². The lowest BCUT2D eigenvalue weighted by Gasteiger charge is -2.45. The highest BCUT2D eigenvalue weighted by Crippen LogP contribution is 2.82. The highest BCUT2D eigenvalue weighted by atomic mass is 35.9. The standard InChI is InChI=1S/C30H66Cl2N4O6P4/c1-7-13-19-25-37-34-43(40-28-22-16-10-4)33-46(31,32)36(39-27-21-15-9-3)45(42-30-24-18-12-6)35(38-26-20-14-8-2)44(34)41-29-23-17-11-5/h7-30H2,1-6H3.